The van der Waals surface area contributed by atoms with Gasteiger partial charge in [0, 0.05) is 11.6 Å². The monoisotopic (exact) mass is 267 g/mol. The number of carbonyl (C=O) groups excluding carboxylic acids is 1. The second-order valence-electron chi connectivity index (χ2n) is 3.56. The molecule has 2 rings (SSSR count). The molecule has 0 saturated carbocycles. The van der Waals surface area contributed by atoms with Crippen LogP contribution >= 0.6 is 11.6 Å². The van der Waals surface area contributed by atoms with Crippen LogP contribution in [0, 0.1) is 11.6 Å². The molecule has 2 aromatic rings. The maximum absolute atomic E-state index is 13.4. The Kier molecular flexibility index (Phi) is 3.58. The zero-order valence-corrected chi connectivity index (χ0v) is 9.84. The first-order chi connectivity index (χ1) is 8.58. The summed E-state index contributed by atoms with van der Waals surface area (Å²) in [4.78, 5) is 11.8. The fourth-order valence-electron chi connectivity index (χ4n) is 1.44. The predicted octanol–water partition coefficient (Wildman–Crippen LogP) is 3.87. The molecule has 18 heavy (non-hydrogen) atoms. The molecule has 0 aromatic heterocycles. The normalized spacial score (nSPS) is 10.2. The molecular weight excluding hydrogens is 260 g/mol. The van der Waals surface area contributed by atoms with Gasteiger partial charge in [-0.25, -0.2) is 8.78 Å². The van der Waals surface area contributed by atoms with Gasteiger partial charge in [-0.2, -0.15) is 0 Å². The zero-order chi connectivity index (χ0) is 13.1. The summed E-state index contributed by atoms with van der Waals surface area (Å²) in [5.41, 5.74) is 0.129. The summed E-state index contributed by atoms with van der Waals surface area (Å²) >= 11 is 5.67. The highest BCUT2D eigenvalue weighted by Crippen LogP contribution is 2.26. The third kappa shape index (κ3) is 2.65. The molecule has 0 heterocycles. The van der Waals surface area contributed by atoms with E-state index in [1.165, 1.54) is 0 Å². The number of rotatable bonds is 2. The molecule has 0 aliphatic rings. The molecule has 92 valence electrons. The van der Waals surface area contributed by atoms with E-state index in [1.807, 2.05) is 0 Å². The topological polar surface area (TPSA) is 29.1 Å². The van der Waals surface area contributed by atoms with E-state index < -0.39 is 17.5 Å². The van der Waals surface area contributed by atoms with Crippen LogP contribution in [0.4, 0.5) is 14.5 Å². The van der Waals surface area contributed by atoms with Gasteiger partial charge in [0.25, 0.3) is 5.91 Å². The summed E-state index contributed by atoms with van der Waals surface area (Å²) < 4.78 is 26.3. The quantitative estimate of drug-likeness (QED) is 0.879. The summed E-state index contributed by atoms with van der Waals surface area (Å²) in [6, 6.07) is 9.85. The van der Waals surface area contributed by atoms with Crippen LogP contribution in [0.3, 0.4) is 0 Å². The van der Waals surface area contributed by atoms with Gasteiger partial charge in [-0.05, 0) is 18.2 Å². The average Bonchev–Trinajstić information content (AvgIpc) is 2.34. The van der Waals surface area contributed by atoms with Crippen molar-refractivity contribution in [2.45, 2.75) is 0 Å². The Morgan fingerprint density at radius 1 is 1.11 bits per heavy atom. The van der Waals surface area contributed by atoms with Crippen LogP contribution in [0.5, 0.6) is 0 Å². The minimum absolute atomic E-state index is 0.184. The fourth-order valence-corrected chi connectivity index (χ4v) is 1.68. The summed E-state index contributed by atoms with van der Waals surface area (Å²) in [6.07, 6.45) is 0. The Morgan fingerprint density at radius 3 is 2.39 bits per heavy atom. The number of hydrogen-bond acceptors (Lipinski definition) is 1. The molecule has 0 aliphatic carbocycles. The summed E-state index contributed by atoms with van der Waals surface area (Å²) in [5, 5.41) is 2.13. The number of anilines is 1. The van der Waals surface area contributed by atoms with Crippen LogP contribution in [0.15, 0.2) is 42.5 Å². The van der Waals surface area contributed by atoms with Gasteiger partial charge < -0.3 is 5.32 Å². The van der Waals surface area contributed by atoms with Gasteiger partial charge in [0.05, 0.1) is 10.7 Å². The lowest BCUT2D eigenvalue weighted by Crippen LogP contribution is -2.13. The molecule has 1 amide bonds. The third-order valence-electron chi connectivity index (χ3n) is 2.28. The van der Waals surface area contributed by atoms with Gasteiger partial charge >= 0.3 is 0 Å². The van der Waals surface area contributed by atoms with Gasteiger partial charge in [0.1, 0.15) is 5.82 Å². The standard InChI is InChI=1S/C13H8ClF2NO/c14-10-6-9(15)7-11(16)12(10)17-13(18)8-4-2-1-3-5-8/h1-7H,(H,17,18). The summed E-state index contributed by atoms with van der Waals surface area (Å²) in [5.74, 6) is -2.22. The number of hydrogen-bond donors (Lipinski definition) is 1. The second-order valence-corrected chi connectivity index (χ2v) is 3.97. The first kappa shape index (κ1) is 12.5. The van der Waals surface area contributed by atoms with Gasteiger partial charge in [0.15, 0.2) is 5.82 Å². The Balaban J connectivity index is 2.28. The van der Waals surface area contributed by atoms with E-state index in [1.54, 1.807) is 30.3 Å². The maximum atomic E-state index is 13.4. The van der Waals surface area contributed by atoms with Crippen molar-refractivity contribution in [3.05, 3.63) is 64.7 Å². The zero-order valence-electron chi connectivity index (χ0n) is 9.08. The largest absolute Gasteiger partial charge is 0.318 e. The molecule has 0 fully saturated rings. The van der Waals surface area contributed by atoms with E-state index in [9.17, 15) is 13.6 Å². The van der Waals surface area contributed by atoms with Crippen molar-refractivity contribution in [1.29, 1.82) is 0 Å². The molecule has 0 aliphatic heterocycles. The van der Waals surface area contributed by atoms with Crippen LogP contribution in [-0.2, 0) is 0 Å². The molecule has 0 radical (unpaired) electrons. The van der Waals surface area contributed by atoms with Crippen LogP contribution in [0.1, 0.15) is 10.4 Å². The van der Waals surface area contributed by atoms with Crippen molar-refractivity contribution in [1.82, 2.24) is 0 Å². The highest BCUT2D eigenvalue weighted by molar-refractivity contribution is 6.34. The number of halogens is 3. The van der Waals surface area contributed by atoms with Gasteiger partial charge in [0.2, 0.25) is 0 Å². The van der Waals surface area contributed by atoms with E-state index in [-0.39, 0.29) is 10.7 Å². The Labute approximate surface area is 107 Å². The van der Waals surface area contributed by atoms with E-state index in [4.69, 9.17) is 11.6 Å². The van der Waals surface area contributed by atoms with Crippen molar-refractivity contribution in [2.24, 2.45) is 0 Å². The molecular formula is C13H8ClF2NO. The Morgan fingerprint density at radius 2 is 1.78 bits per heavy atom. The lowest BCUT2D eigenvalue weighted by Gasteiger charge is -2.08. The van der Waals surface area contributed by atoms with Gasteiger partial charge in [-0.15, -0.1) is 0 Å². The minimum Gasteiger partial charge on any atom is -0.318 e. The molecule has 1 N–H and O–H groups in total. The van der Waals surface area contributed by atoms with Crippen molar-refractivity contribution in [2.75, 3.05) is 5.32 Å². The van der Waals surface area contributed by atoms with Crippen LogP contribution < -0.4 is 5.32 Å². The Bertz CT molecular complexity index is 564. The highest BCUT2D eigenvalue weighted by Gasteiger charge is 2.13. The number of carbonyl (C=O) groups is 1. The fraction of sp³-hybridized carbons (Fsp3) is 0. The third-order valence-corrected chi connectivity index (χ3v) is 2.58. The second kappa shape index (κ2) is 5.14. The Hall–Kier alpha value is -1.94. The smallest absolute Gasteiger partial charge is 0.255 e. The van der Waals surface area contributed by atoms with Crippen LogP contribution in [0.2, 0.25) is 5.02 Å². The SMILES string of the molecule is O=C(Nc1c(F)cc(F)cc1Cl)c1ccccc1. The van der Waals surface area contributed by atoms with E-state index in [0.29, 0.717) is 11.6 Å². The predicted molar refractivity (Wildman–Crippen MR) is 65.8 cm³/mol. The molecule has 0 atom stereocenters. The first-order valence-electron chi connectivity index (χ1n) is 5.09. The molecule has 0 unspecified atom stereocenters. The lowest BCUT2D eigenvalue weighted by atomic mass is 10.2. The van der Waals surface area contributed by atoms with Crippen molar-refractivity contribution < 1.29 is 13.6 Å². The molecule has 2 nitrogen and oxygen atoms in total. The summed E-state index contributed by atoms with van der Waals surface area (Å²) in [6.45, 7) is 0. The molecule has 0 bridgehead atoms. The van der Waals surface area contributed by atoms with E-state index in [2.05, 4.69) is 5.32 Å². The number of benzene rings is 2. The van der Waals surface area contributed by atoms with Crippen molar-refractivity contribution >= 4 is 23.2 Å². The van der Waals surface area contributed by atoms with Gasteiger partial charge in [-0.1, -0.05) is 29.8 Å². The summed E-state index contributed by atoms with van der Waals surface area (Å²) in [7, 11) is 0. The first-order valence-corrected chi connectivity index (χ1v) is 5.46. The lowest BCUT2D eigenvalue weighted by molar-refractivity contribution is 0.102. The molecule has 5 heteroatoms. The van der Waals surface area contributed by atoms with E-state index >= 15 is 0 Å². The molecule has 0 saturated heterocycles. The van der Waals surface area contributed by atoms with Crippen LogP contribution in [0.25, 0.3) is 0 Å². The van der Waals surface area contributed by atoms with Crippen molar-refractivity contribution in [3.63, 3.8) is 0 Å². The molecule has 0 spiro atoms. The minimum atomic E-state index is -0.913. The van der Waals surface area contributed by atoms with Crippen molar-refractivity contribution in [3.8, 4) is 0 Å². The average molecular weight is 268 g/mol. The maximum Gasteiger partial charge on any atom is 0.255 e. The number of amides is 1. The molecule has 2 aromatic carbocycles. The van der Waals surface area contributed by atoms with Gasteiger partial charge in [-0.3, -0.25) is 4.79 Å². The highest BCUT2D eigenvalue weighted by atomic mass is 35.5. The number of nitrogens with one attached hydrogen (secondary N) is 1. The van der Waals surface area contributed by atoms with Crippen LogP contribution in [-0.4, -0.2) is 5.91 Å². The van der Waals surface area contributed by atoms with E-state index in [0.717, 1.165) is 6.07 Å².